The number of para-hydroxylation sites is 1. The Kier molecular flexibility index (Phi) is 3.42. The van der Waals surface area contributed by atoms with Crippen molar-refractivity contribution in [3.05, 3.63) is 76.8 Å². The van der Waals surface area contributed by atoms with Gasteiger partial charge in [-0.2, -0.15) is 0 Å². The number of nitrogens with zero attached hydrogens (tertiary/aromatic N) is 2. The third-order valence-electron chi connectivity index (χ3n) is 3.89. The van der Waals surface area contributed by atoms with E-state index < -0.39 is 5.97 Å². The molecule has 0 saturated carbocycles. The Morgan fingerprint density at radius 3 is 2.65 bits per heavy atom. The molecule has 0 radical (unpaired) electrons. The van der Waals surface area contributed by atoms with E-state index in [1.54, 1.807) is 0 Å². The first-order valence-corrected chi connectivity index (χ1v) is 8.15. The van der Waals surface area contributed by atoms with Crippen LogP contribution >= 0.6 is 11.8 Å². The van der Waals surface area contributed by atoms with Crippen molar-refractivity contribution in [3.8, 4) is 0 Å². The van der Waals surface area contributed by atoms with Gasteiger partial charge in [-0.25, -0.2) is 4.99 Å². The largest absolute Gasteiger partial charge is 0.481 e. The van der Waals surface area contributed by atoms with Crippen molar-refractivity contribution in [2.24, 2.45) is 4.99 Å². The summed E-state index contributed by atoms with van der Waals surface area (Å²) in [5.41, 5.74) is 3.25. The van der Waals surface area contributed by atoms with E-state index in [2.05, 4.69) is 23.1 Å². The molecule has 23 heavy (non-hydrogen) atoms. The van der Waals surface area contributed by atoms with Crippen molar-refractivity contribution in [1.29, 1.82) is 0 Å². The second-order valence-electron chi connectivity index (χ2n) is 5.44. The molecule has 0 saturated heterocycles. The van der Waals surface area contributed by atoms with Gasteiger partial charge in [-0.3, -0.25) is 4.79 Å². The topological polar surface area (TPSA) is 52.9 Å². The van der Waals surface area contributed by atoms with E-state index in [1.165, 1.54) is 17.3 Å². The lowest BCUT2D eigenvalue weighted by Gasteiger charge is -2.33. The number of aliphatic imine (C=N–C) groups is 1. The lowest BCUT2D eigenvalue weighted by atomic mass is 9.95. The van der Waals surface area contributed by atoms with Crippen LogP contribution in [0.15, 0.2) is 70.7 Å². The summed E-state index contributed by atoms with van der Waals surface area (Å²) in [7, 11) is 0. The first-order valence-electron chi connectivity index (χ1n) is 7.33. The van der Waals surface area contributed by atoms with Crippen LogP contribution in [0.2, 0.25) is 0 Å². The normalized spacial score (nSPS) is 18.8. The van der Waals surface area contributed by atoms with Gasteiger partial charge in [0.05, 0.1) is 18.2 Å². The molecule has 5 heteroatoms. The van der Waals surface area contributed by atoms with Gasteiger partial charge in [0.2, 0.25) is 0 Å². The fraction of sp³-hybridized carbons (Fsp3) is 0.111. The monoisotopic (exact) mass is 322 g/mol. The Hall–Kier alpha value is -2.53. The van der Waals surface area contributed by atoms with Gasteiger partial charge in [-0.1, -0.05) is 60.3 Å². The number of rotatable bonds is 3. The quantitative estimate of drug-likeness (QED) is 0.922. The molecule has 0 aromatic heterocycles. The van der Waals surface area contributed by atoms with Crippen LogP contribution < -0.4 is 0 Å². The summed E-state index contributed by atoms with van der Waals surface area (Å²) in [6.07, 6.45) is 1.95. The summed E-state index contributed by atoms with van der Waals surface area (Å²) in [5.74, 6) is -0.821. The standard InChI is InChI=1S/C18H14N2O2S/c21-16(22)10-13-11-20-17(12-6-2-1-3-7-12)14-8-4-5-9-15(14)19-18(20)23-13/h1-9,11,17H,10H2,(H,21,22). The zero-order valence-electron chi connectivity index (χ0n) is 12.2. The molecule has 2 aliphatic rings. The molecule has 2 aromatic carbocycles. The fourth-order valence-corrected chi connectivity index (χ4v) is 3.96. The number of carboxylic acid groups (broad SMARTS) is 1. The number of thioether (sulfide) groups is 1. The molecule has 1 atom stereocenters. The lowest BCUT2D eigenvalue weighted by Crippen LogP contribution is -2.29. The molecule has 2 heterocycles. The van der Waals surface area contributed by atoms with Crippen LogP contribution in [0.3, 0.4) is 0 Å². The molecule has 0 amide bonds. The highest BCUT2D eigenvalue weighted by atomic mass is 32.2. The van der Waals surface area contributed by atoms with E-state index in [1.807, 2.05) is 42.6 Å². The van der Waals surface area contributed by atoms with E-state index >= 15 is 0 Å². The molecule has 114 valence electrons. The maximum absolute atomic E-state index is 11.0. The molecular formula is C18H14N2O2S. The summed E-state index contributed by atoms with van der Waals surface area (Å²) >= 11 is 1.44. The van der Waals surface area contributed by atoms with Gasteiger partial charge < -0.3 is 10.0 Å². The second-order valence-corrected chi connectivity index (χ2v) is 6.54. The number of fused-ring (bicyclic) bond motifs is 2. The third kappa shape index (κ3) is 2.53. The number of carboxylic acids is 1. The average molecular weight is 322 g/mol. The Bertz CT molecular complexity index is 830. The molecule has 2 aromatic rings. The summed E-state index contributed by atoms with van der Waals surface area (Å²) in [6, 6.07) is 18.3. The molecule has 4 rings (SSSR count). The van der Waals surface area contributed by atoms with Gasteiger partial charge in [0.25, 0.3) is 0 Å². The van der Waals surface area contributed by atoms with E-state index in [0.717, 1.165) is 21.3 Å². The molecule has 0 fully saturated rings. The van der Waals surface area contributed by atoms with Crippen LogP contribution in [0.25, 0.3) is 0 Å². The number of amidine groups is 1. The maximum atomic E-state index is 11.0. The van der Waals surface area contributed by atoms with Gasteiger partial charge in [-0.15, -0.1) is 0 Å². The van der Waals surface area contributed by atoms with Crippen molar-refractivity contribution in [2.75, 3.05) is 0 Å². The minimum atomic E-state index is -0.821. The number of hydrogen-bond donors (Lipinski definition) is 1. The Morgan fingerprint density at radius 2 is 1.87 bits per heavy atom. The number of hydrogen-bond acceptors (Lipinski definition) is 4. The molecule has 4 nitrogen and oxygen atoms in total. The SMILES string of the molecule is O=C(O)CC1=CN2C(=Nc3ccccc3C2c2ccccc2)S1. The molecule has 1 N–H and O–H groups in total. The Morgan fingerprint density at radius 1 is 1.13 bits per heavy atom. The molecular weight excluding hydrogens is 308 g/mol. The van der Waals surface area contributed by atoms with Crippen molar-refractivity contribution in [3.63, 3.8) is 0 Å². The van der Waals surface area contributed by atoms with Gasteiger partial charge in [0, 0.05) is 16.7 Å². The maximum Gasteiger partial charge on any atom is 0.308 e. The summed E-state index contributed by atoms with van der Waals surface area (Å²) < 4.78 is 0. The lowest BCUT2D eigenvalue weighted by molar-refractivity contribution is -0.136. The first-order chi connectivity index (χ1) is 11.2. The van der Waals surface area contributed by atoms with Crippen molar-refractivity contribution < 1.29 is 9.90 Å². The van der Waals surface area contributed by atoms with E-state index in [-0.39, 0.29) is 12.5 Å². The first kappa shape index (κ1) is 14.1. The van der Waals surface area contributed by atoms with E-state index in [0.29, 0.717) is 0 Å². The zero-order chi connectivity index (χ0) is 15.8. The minimum absolute atomic E-state index is 0.0258. The van der Waals surface area contributed by atoms with Crippen molar-refractivity contribution in [2.45, 2.75) is 12.5 Å². The Labute approximate surface area is 138 Å². The van der Waals surface area contributed by atoms with E-state index in [4.69, 9.17) is 10.1 Å². The van der Waals surface area contributed by atoms with Gasteiger partial charge in [0.15, 0.2) is 5.17 Å². The summed E-state index contributed by atoms with van der Waals surface area (Å²) in [5, 5.41) is 9.89. The highest BCUT2D eigenvalue weighted by Crippen LogP contribution is 2.46. The fourth-order valence-electron chi connectivity index (χ4n) is 2.95. The molecule has 0 spiro atoms. The van der Waals surface area contributed by atoms with Gasteiger partial charge in [-0.05, 0) is 11.6 Å². The molecule has 0 aliphatic carbocycles. The van der Waals surface area contributed by atoms with E-state index in [9.17, 15) is 4.79 Å². The van der Waals surface area contributed by atoms with Crippen molar-refractivity contribution >= 4 is 28.6 Å². The van der Waals surface area contributed by atoms with Gasteiger partial charge >= 0.3 is 5.97 Å². The predicted octanol–water partition coefficient (Wildman–Crippen LogP) is 4.14. The van der Waals surface area contributed by atoms with Crippen LogP contribution in [0, 0.1) is 0 Å². The highest BCUT2D eigenvalue weighted by Gasteiger charge is 2.34. The predicted molar refractivity (Wildman–Crippen MR) is 91.6 cm³/mol. The smallest absolute Gasteiger partial charge is 0.308 e. The van der Waals surface area contributed by atoms with Crippen LogP contribution in [0.4, 0.5) is 5.69 Å². The second kappa shape index (κ2) is 5.59. The van der Waals surface area contributed by atoms with Crippen LogP contribution in [0.1, 0.15) is 23.6 Å². The van der Waals surface area contributed by atoms with Crippen LogP contribution in [0.5, 0.6) is 0 Å². The van der Waals surface area contributed by atoms with Crippen LogP contribution in [-0.2, 0) is 4.79 Å². The number of benzene rings is 2. The van der Waals surface area contributed by atoms with Crippen molar-refractivity contribution in [1.82, 2.24) is 4.90 Å². The zero-order valence-corrected chi connectivity index (χ0v) is 13.0. The highest BCUT2D eigenvalue weighted by molar-refractivity contribution is 8.17. The number of aliphatic carboxylic acids is 1. The Balaban J connectivity index is 1.82. The van der Waals surface area contributed by atoms with Gasteiger partial charge in [0.1, 0.15) is 0 Å². The minimum Gasteiger partial charge on any atom is -0.481 e. The summed E-state index contributed by atoms with van der Waals surface area (Å²) in [4.78, 5) is 18.6. The van der Waals surface area contributed by atoms with Crippen LogP contribution in [-0.4, -0.2) is 21.1 Å². The average Bonchev–Trinajstić information content (AvgIpc) is 2.94. The summed E-state index contributed by atoms with van der Waals surface area (Å²) in [6.45, 7) is 0. The third-order valence-corrected chi connectivity index (χ3v) is 4.89. The number of carbonyl (C=O) groups is 1. The molecule has 1 unspecified atom stereocenters. The molecule has 2 aliphatic heterocycles. The molecule has 0 bridgehead atoms.